The van der Waals surface area contributed by atoms with Gasteiger partial charge in [-0.1, -0.05) is 0 Å². The molecule has 2 N–H and O–H groups in total. The number of nitrogens with two attached hydrogens (primary N) is 1. The van der Waals surface area contributed by atoms with Crippen molar-refractivity contribution in [1.29, 1.82) is 0 Å². The maximum Gasteiger partial charge on any atom is 0.410 e. The maximum absolute atomic E-state index is 12.0. The predicted octanol–water partition coefficient (Wildman–Crippen LogP) is 1.08. The van der Waals surface area contributed by atoms with E-state index >= 15 is 0 Å². The minimum Gasteiger partial charge on any atom is -0.444 e. The summed E-state index contributed by atoms with van der Waals surface area (Å²) in [6, 6.07) is 0.146. The number of urea groups is 1. The van der Waals surface area contributed by atoms with Gasteiger partial charge in [0.15, 0.2) is 0 Å². The van der Waals surface area contributed by atoms with Crippen molar-refractivity contribution < 1.29 is 14.3 Å². The van der Waals surface area contributed by atoms with Crippen LogP contribution >= 0.6 is 0 Å². The minimum absolute atomic E-state index is 0.218. The third-order valence-corrected chi connectivity index (χ3v) is 4.26. The smallest absolute Gasteiger partial charge is 0.410 e. The molecule has 2 aliphatic rings. The van der Waals surface area contributed by atoms with E-state index in [0.29, 0.717) is 19.1 Å². The number of likely N-dealkylation sites (tertiary alicyclic amines) is 1. The third-order valence-electron chi connectivity index (χ3n) is 4.26. The van der Waals surface area contributed by atoms with Crippen LogP contribution in [0.3, 0.4) is 0 Å². The number of rotatable bonds is 1. The van der Waals surface area contributed by atoms with Crippen LogP contribution in [0.4, 0.5) is 9.59 Å². The van der Waals surface area contributed by atoms with Crippen molar-refractivity contribution in [2.75, 3.05) is 39.3 Å². The molecule has 2 heterocycles. The number of ether oxygens (including phenoxy) is 1. The molecule has 0 aromatic carbocycles. The first-order chi connectivity index (χ1) is 10.3. The Labute approximate surface area is 132 Å². The monoisotopic (exact) mass is 312 g/mol. The Bertz CT molecular complexity index is 406. The van der Waals surface area contributed by atoms with Crippen molar-refractivity contribution >= 4 is 12.1 Å². The van der Waals surface area contributed by atoms with Crippen molar-refractivity contribution in [2.45, 2.75) is 45.3 Å². The topological polar surface area (TPSA) is 79.1 Å². The number of hydrogen-bond acceptors (Lipinski definition) is 4. The zero-order valence-corrected chi connectivity index (χ0v) is 13.9. The van der Waals surface area contributed by atoms with E-state index in [0.717, 1.165) is 39.0 Å². The summed E-state index contributed by atoms with van der Waals surface area (Å²) in [5.74, 6) is 0. The molecule has 0 aromatic rings. The number of piperazine rings is 1. The number of nitrogens with zero attached hydrogens (tertiary/aromatic N) is 3. The number of primary amides is 1. The van der Waals surface area contributed by atoms with Gasteiger partial charge in [-0.3, -0.25) is 4.90 Å². The van der Waals surface area contributed by atoms with E-state index in [2.05, 4.69) is 4.90 Å². The van der Waals surface area contributed by atoms with Crippen LogP contribution in [0, 0.1) is 0 Å². The maximum atomic E-state index is 12.0. The molecule has 0 bridgehead atoms. The summed E-state index contributed by atoms with van der Waals surface area (Å²) in [6.07, 6.45) is 1.69. The molecule has 0 saturated carbocycles. The molecule has 2 saturated heterocycles. The molecular weight excluding hydrogens is 284 g/mol. The number of piperidine rings is 1. The summed E-state index contributed by atoms with van der Waals surface area (Å²) >= 11 is 0. The average molecular weight is 312 g/mol. The summed E-state index contributed by atoms with van der Waals surface area (Å²) in [4.78, 5) is 29.1. The van der Waals surface area contributed by atoms with Gasteiger partial charge in [0.1, 0.15) is 5.60 Å². The fourth-order valence-corrected chi connectivity index (χ4v) is 3.05. The summed E-state index contributed by atoms with van der Waals surface area (Å²) < 4.78 is 5.41. The molecule has 0 aromatic heterocycles. The zero-order chi connectivity index (χ0) is 16.3. The first-order valence-electron chi connectivity index (χ1n) is 8.02. The van der Waals surface area contributed by atoms with Gasteiger partial charge in [-0.2, -0.15) is 0 Å². The van der Waals surface area contributed by atoms with Gasteiger partial charge in [-0.15, -0.1) is 0 Å². The fourth-order valence-electron chi connectivity index (χ4n) is 3.05. The second kappa shape index (κ2) is 6.73. The minimum atomic E-state index is -0.445. The number of hydrogen-bond donors (Lipinski definition) is 1. The van der Waals surface area contributed by atoms with Crippen LogP contribution in [-0.2, 0) is 4.74 Å². The highest BCUT2D eigenvalue weighted by Crippen LogP contribution is 2.20. The van der Waals surface area contributed by atoms with Crippen molar-refractivity contribution in [2.24, 2.45) is 5.73 Å². The van der Waals surface area contributed by atoms with Crippen LogP contribution < -0.4 is 5.73 Å². The molecule has 0 atom stereocenters. The predicted molar refractivity (Wildman–Crippen MR) is 83.6 cm³/mol. The lowest BCUT2D eigenvalue weighted by Gasteiger charge is -2.42. The Hall–Kier alpha value is -1.50. The van der Waals surface area contributed by atoms with E-state index in [1.54, 1.807) is 9.80 Å². The molecule has 3 amide bonds. The Morgan fingerprint density at radius 3 is 1.95 bits per heavy atom. The van der Waals surface area contributed by atoms with Gasteiger partial charge in [0, 0.05) is 45.3 Å². The van der Waals surface area contributed by atoms with E-state index in [1.807, 2.05) is 20.8 Å². The first kappa shape index (κ1) is 16.9. The van der Waals surface area contributed by atoms with Gasteiger partial charge in [0.25, 0.3) is 0 Å². The van der Waals surface area contributed by atoms with Crippen molar-refractivity contribution in [1.82, 2.24) is 14.7 Å². The van der Waals surface area contributed by atoms with E-state index in [-0.39, 0.29) is 12.1 Å². The highest BCUT2D eigenvalue weighted by atomic mass is 16.6. The van der Waals surface area contributed by atoms with Crippen LogP contribution in [0.15, 0.2) is 0 Å². The Morgan fingerprint density at radius 2 is 1.50 bits per heavy atom. The largest absolute Gasteiger partial charge is 0.444 e. The highest BCUT2D eigenvalue weighted by Gasteiger charge is 2.31. The molecule has 0 aliphatic carbocycles. The van der Waals surface area contributed by atoms with Crippen molar-refractivity contribution in [3.8, 4) is 0 Å². The number of carbonyl (C=O) groups excluding carboxylic acids is 2. The normalized spacial score (nSPS) is 21.8. The molecule has 2 aliphatic heterocycles. The van der Waals surface area contributed by atoms with Crippen molar-refractivity contribution in [3.05, 3.63) is 0 Å². The molecule has 22 heavy (non-hydrogen) atoms. The summed E-state index contributed by atoms with van der Waals surface area (Å²) in [5, 5.41) is 0. The number of amides is 3. The first-order valence-corrected chi connectivity index (χ1v) is 8.02. The van der Waals surface area contributed by atoms with Crippen LogP contribution in [0.1, 0.15) is 33.6 Å². The van der Waals surface area contributed by atoms with Gasteiger partial charge < -0.3 is 20.3 Å². The summed E-state index contributed by atoms with van der Waals surface area (Å²) in [6.45, 7) is 10.2. The van der Waals surface area contributed by atoms with E-state index in [4.69, 9.17) is 10.5 Å². The highest BCUT2D eigenvalue weighted by molar-refractivity contribution is 5.72. The van der Waals surface area contributed by atoms with Gasteiger partial charge in [-0.05, 0) is 33.6 Å². The van der Waals surface area contributed by atoms with E-state index in [9.17, 15) is 9.59 Å². The number of carbonyl (C=O) groups is 2. The SMILES string of the molecule is CC(C)(C)OC(=O)N1CCC(N2CCN(C(N)=O)CC2)CC1. The molecule has 0 unspecified atom stereocenters. The third kappa shape index (κ3) is 4.50. The van der Waals surface area contributed by atoms with Crippen molar-refractivity contribution in [3.63, 3.8) is 0 Å². The second-order valence-corrected chi connectivity index (χ2v) is 7.06. The molecule has 2 rings (SSSR count). The van der Waals surface area contributed by atoms with Gasteiger partial charge in [0.05, 0.1) is 0 Å². The van der Waals surface area contributed by atoms with Gasteiger partial charge in [-0.25, -0.2) is 9.59 Å². The molecule has 7 nitrogen and oxygen atoms in total. The molecular formula is C15H28N4O3. The molecule has 0 spiro atoms. The lowest BCUT2D eigenvalue weighted by molar-refractivity contribution is 0.0113. The van der Waals surface area contributed by atoms with Crippen LogP contribution in [0.5, 0.6) is 0 Å². The Morgan fingerprint density at radius 1 is 0.955 bits per heavy atom. The molecule has 126 valence electrons. The van der Waals surface area contributed by atoms with Gasteiger partial charge in [0.2, 0.25) is 0 Å². The standard InChI is InChI=1S/C15H28N4O3/c1-15(2,3)22-14(21)19-6-4-12(5-7-19)17-8-10-18(11-9-17)13(16)20/h12H,4-11H2,1-3H3,(H2,16,20). The molecule has 7 heteroatoms. The van der Waals surface area contributed by atoms with E-state index in [1.165, 1.54) is 0 Å². The van der Waals surface area contributed by atoms with E-state index < -0.39 is 5.60 Å². The molecule has 0 radical (unpaired) electrons. The van der Waals surface area contributed by atoms with Crippen LogP contribution in [0.2, 0.25) is 0 Å². The quantitative estimate of drug-likeness (QED) is 0.786. The lowest BCUT2D eigenvalue weighted by atomic mass is 10.0. The zero-order valence-electron chi connectivity index (χ0n) is 13.9. The lowest BCUT2D eigenvalue weighted by Crippen LogP contribution is -2.55. The summed E-state index contributed by atoms with van der Waals surface area (Å²) in [7, 11) is 0. The van der Waals surface area contributed by atoms with Crippen LogP contribution in [-0.4, -0.2) is 77.7 Å². The second-order valence-electron chi connectivity index (χ2n) is 7.06. The van der Waals surface area contributed by atoms with Crippen LogP contribution in [0.25, 0.3) is 0 Å². The van der Waals surface area contributed by atoms with Gasteiger partial charge >= 0.3 is 12.1 Å². The molecule has 2 fully saturated rings. The summed E-state index contributed by atoms with van der Waals surface area (Å²) in [5.41, 5.74) is 4.86. The fraction of sp³-hybridized carbons (Fsp3) is 0.867. The Balaban J connectivity index is 1.76. The Kier molecular flexibility index (Phi) is 5.16. The average Bonchev–Trinajstić information content (AvgIpc) is 2.46.